The molecule has 2 amide bonds. The number of aryl methyl sites for hydroxylation is 1. The van der Waals surface area contributed by atoms with Crippen molar-refractivity contribution >= 4 is 11.8 Å². The van der Waals surface area contributed by atoms with Gasteiger partial charge in [0.2, 0.25) is 0 Å². The van der Waals surface area contributed by atoms with Gasteiger partial charge in [0, 0.05) is 11.1 Å². The van der Waals surface area contributed by atoms with Crippen LogP contribution in [0.2, 0.25) is 0 Å². The van der Waals surface area contributed by atoms with Gasteiger partial charge in [-0.2, -0.15) is 0 Å². The van der Waals surface area contributed by atoms with Crippen molar-refractivity contribution in [2.75, 3.05) is 0 Å². The lowest BCUT2D eigenvalue weighted by atomic mass is 9.98. The Balaban J connectivity index is 2.23. The molecular formula is C17H22N2O2. The summed E-state index contributed by atoms with van der Waals surface area (Å²) in [5, 5.41) is 1.42. The lowest BCUT2D eigenvalue weighted by molar-refractivity contribution is -0.123. The van der Waals surface area contributed by atoms with Crippen LogP contribution < -0.4 is 5.43 Å². The van der Waals surface area contributed by atoms with Crippen molar-refractivity contribution in [3.63, 3.8) is 0 Å². The van der Waals surface area contributed by atoms with E-state index in [-0.39, 0.29) is 11.8 Å². The number of benzene rings is 1. The molecular weight excluding hydrogens is 264 g/mol. The third-order valence-electron chi connectivity index (χ3n) is 3.45. The summed E-state index contributed by atoms with van der Waals surface area (Å²) in [5.41, 5.74) is 4.60. The summed E-state index contributed by atoms with van der Waals surface area (Å²) in [6.45, 7) is 7.64. The zero-order valence-corrected chi connectivity index (χ0v) is 13.1. The van der Waals surface area contributed by atoms with Gasteiger partial charge in [0.15, 0.2) is 0 Å². The van der Waals surface area contributed by atoms with Crippen LogP contribution in [0.25, 0.3) is 0 Å². The Kier molecular flexibility index (Phi) is 4.16. The summed E-state index contributed by atoms with van der Waals surface area (Å²) >= 11 is 0. The summed E-state index contributed by atoms with van der Waals surface area (Å²) in [4.78, 5) is 24.8. The lowest BCUT2D eigenvalue weighted by Crippen LogP contribution is -2.56. The number of allylic oxidation sites excluding steroid dienone is 1. The van der Waals surface area contributed by atoms with Crippen LogP contribution in [0, 0.1) is 6.92 Å². The Labute approximate surface area is 125 Å². The minimum absolute atomic E-state index is 0.183. The first kappa shape index (κ1) is 15.3. The molecule has 0 heterocycles. The van der Waals surface area contributed by atoms with Gasteiger partial charge in [0.25, 0.3) is 11.8 Å². The second kappa shape index (κ2) is 5.72. The fourth-order valence-electron chi connectivity index (χ4n) is 2.10. The maximum Gasteiger partial charge on any atom is 0.272 e. The third-order valence-corrected chi connectivity index (χ3v) is 3.45. The average molecular weight is 286 g/mol. The van der Waals surface area contributed by atoms with E-state index in [0.717, 1.165) is 24.0 Å². The van der Waals surface area contributed by atoms with Gasteiger partial charge in [-0.1, -0.05) is 23.8 Å². The second-order valence-electron chi connectivity index (χ2n) is 6.39. The molecule has 0 fully saturated rings. The Hall–Kier alpha value is -2.10. The van der Waals surface area contributed by atoms with E-state index in [1.807, 2.05) is 52.0 Å². The van der Waals surface area contributed by atoms with Crippen LogP contribution in [0.5, 0.6) is 0 Å². The molecule has 0 aliphatic heterocycles. The van der Waals surface area contributed by atoms with Crippen molar-refractivity contribution in [2.24, 2.45) is 0 Å². The van der Waals surface area contributed by atoms with Crippen molar-refractivity contribution < 1.29 is 9.59 Å². The van der Waals surface area contributed by atoms with Gasteiger partial charge in [-0.3, -0.25) is 15.0 Å². The van der Waals surface area contributed by atoms with Gasteiger partial charge in [0.1, 0.15) is 0 Å². The van der Waals surface area contributed by atoms with E-state index >= 15 is 0 Å². The largest absolute Gasteiger partial charge is 0.272 e. The monoisotopic (exact) mass is 286 g/mol. The molecule has 0 radical (unpaired) electrons. The molecule has 0 atom stereocenters. The molecule has 112 valence electrons. The number of amides is 2. The SMILES string of the molecule is Cc1cccc(C(=O)N(NC(=O)C2=CCC2)C(C)(C)C)c1. The first-order valence-electron chi connectivity index (χ1n) is 7.20. The van der Waals surface area contributed by atoms with E-state index in [9.17, 15) is 9.59 Å². The van der Waals surface area contributed by atoms with Crippen LogP contribution in [0.15, 0.2) is 35.9 Å². The highest BCUT2D eigenvalue weighted by atomic mass is 16.2. The summed E-state index contributed by atoms with van der Waals surface area (Å²) in [6.07, 6.45) is 3.61. The summed E-state index contributed by atoms with van der Waals surface area (Å²) in [6, 6.07) is 7.38. The minimum Gasteiger partial charge on any atom is -0.268 e. The molecule has 1 aromatic rings. The predicted molar refractivity (Wildman–Crippen MR) is 82.6 cm³/mol. The molecule has 0 saturated heterocycles. The Morgan fingerprint density at radius 1 is 1.24 bits per heavy atom. The molecule has 0 bridgehead atoms. The zero-order valence-electron chi connectivity index (χ0n) is 13.1. The van der Waals surface area contributed by atoms with Gasteiger partial charge in [-0.25, -0.2) is 5.01 Å². The highest BCUT2D eigenvalue weighted by Gasteiger charge is 2.30. The number of nitrogens with one attached hydrogen (secondary N) is 1. The molecule has 0 spiro atoms. The number of hydrazine groups is 1. The van der Waals surface area contributed by atoms with E-state index in [1.165, 1.54) is 5.01 Å². The first-order valence-corrected chi connectivity index (χ1v) is 7.20. The van der Waals surface area contributed by atoms with Crippen molar-refractivity contribution in [1.29, 1.82) is 0 Å². The molecule has 1 N–H and O–H groups in total. The number of hydrogen-bond acceptors (Lipinski definition) is 2. The number of rotatable bonds is 2. The van der Waals surface area contributed by atoms with Gasteiger partial charge in [-0.15, -0.1) is 0 Å². The van der Waals surface area contributed by atoms with Crippen LogP contribution in [-0.4, -0.2) is 22.4 Å². The summed E-state index contributed by atoms with van der Waals surface area (Å²) < 4.78 is 0. The highest BCUT2D eigenvalue weighted by molar-refractivity contribution is 5.99. The molecule has 2 rings (SSSR count). The summed E-state index contributed by atoms with van der Waals surface area (Å²) in [5.74, 6) is -0.378. The molecule has 4 heteroatoms. The van der Waals surface area contributed by atoms with Gasteiger partial charge < -0.3 is 0 Å². The lowest BCUT2D eigenvalue weighted by Gasteiger charge is -2.36. The molecule has 0 saturated carbocycles. The van der Waals surface area contributed by atoms with Gasteiger partial charge in [0.05, 0.1) is 5.54 Å². The van der Waals surface area contributed by atoms with Crippen molar-refractivity contribution in [2.45, 2.75) is 46.1 Å². The second-order valence-corrected chi connectivity index (χ2v) is 6.39. The standard InChI is InChI=1S/C17H22N2O2/c1-12-7-5-10-14(11-12)16(21)19(17(2,3)4)18-15(20)13-8-6-9-13/h5,7-8,10-11H,6,9H2,1-4H3,(H,18,20). The molecule has 21 heavy (non-hydrogen) atoms. The molecule has 0 aromatic heterocycles. The van der Waals surface area contributed by atoms with Crippen LogP contribution >= 0.6 is 0 Å². The van der Waals surface area contributed by atoms with E-state index in [0.29, 0.717) is 5.56 Å². The van der Waals surface area contributed by atoms with E-state index in [4.69, 9.17) is 0 Å². The van der Waals surface area contributed by atoms with Crippen LogP contribution in [-0.2, 0) is 4.79 Å². The Morgan fingerprint density at radius 2 is 1.90 bits per heavy atom. The molecule has 0 unspecified atom stereocenters. The fourth-order valence-corrected chi connectivity index (χ4v) is 2.10. The van der Waals surface area contributed by atoms with Crippen LogP contribution in [0.3, 0.4) is 0 Å². The van der Waals surface area contributed by atoms with E-state index < -0.39 is 5.54 Å². The smallest absolute Gasteiger partial charge is 0.268 e. The Bertz CT molecular complexity index is 597. The normalized spacial score (nSPS) is 14.0. The topological polar surface area (TPSA) is 49.4 Å². The van der Waals surface area contributed by atoms with Crippen molar-refractivity contribution in [1.82, 2.24) is 10.4 Å². The van der Waals surface area contributed by atoms with Crippen molar-refractivity contribution in [3.8, 4) is 0 Å². The number of carbonyl (C=O) groups excluding carboxylic acids is 2. The molecule has 1 aliphatic rings. The molecule has 1 aromatic carbocycles. The number of nitrogens with zero attached hydrogens (tertiary/aromatic N) is 1. The van der Waals surface area contributed by atoms with Crippen LogP contribution in [0.4, 0.5) is 0 Å². The van der Waals surface area contributed by atoms with E-state index in [1.54, 1.807) is 6.07 Å². The first-order chi connectivity index (χ1) is 9.79. The fraction of sp³-hybridized carbons (Fsp3) is 0.412. The maximum absolute atomic E-state index is 12.7. The predicted octanol–water partition coefficient (Wildman–Crippen LogP) is 2.99. The highest BCUT2D eigenvalue weighted by Crippen LogP contribution is 2.20. The zero-order chi connectivity index (χ0) is 15.6. The number of hydrogen-bond donors (Lipinski definition) is 1. The van der Waals surface area contributed by atoms with Gasteiger partial charge in [-0.05, 0) is 52.7 Å². The van der Waals surface area contributed by atoms with Crippen molar-refractivity contribution in [3.05, 3.63) is 47.0 Å². The Morgan fingerprint density at radius 3 is 2.38 bits per heavy atom. The number of carbonyl (C=O) groups is 2. The van der Waals surface area contributed by atoms with E-state index in [2.05, 4.69) is 5.43 Å². The van der Waals surface area contributed by atoms with Gasteiger partial charge >= 0.3 is 0 Å². The average Bonchev–Trinajstić information content (AvgIpc) is 2.31. The third kappa shape index (κ3) is 3.51. The molecule has 1 aliphatic carbocycles. The minimum atomic E-state index is -0.499. The molecule has 4 nitrogen and oxygen atoms in total. The quantitative estimate of drug-likeness (QED) is 0.850. The van der Waals surface area contributed by atoms with Crippen LogP contribution in [0.1, 0.15) is 49.5 Å². The summed E-state index contributed by atoms with van der Waals surface area (Å²) in [7, 11) is 0. The maximum atomic E-state index is 12.7.